The maximum Gasteiger partial charge on any atom is 0.122 e. The van der Waals surface area contributed by atoms with Crippen LogP contribution < -0.4 is 4.74 Å². The Kier molecular flexibility index (Phi) is 7.38. The van der Waals surface area contributed by atoms with Gasteiger partial charge in [0.05, 0.1) is 6.61 Å². The van der Waals surface area contributed by atoms with Gasteiger partial charge in [0.15, 0.2) is 0 Å². The van der Waals surface area contributed by atoms with Crippen LogP contribution in [0.3, 0.4) is 0 Å². The average Bonchev–Trinajstić information content (AvgIpc) is 2.54. The number of likely N-dealkylation sites (tertiary alicyclic amines) is 1. The van der Waals surface area contributed by atoms with Crippen molar-refractivity contribution in [3.63, 3.8) is 0 Å². The Morgan fingerprint density at radius 2 is 1.74 bits per heavy atom. The first-order valence-electron chi connectivity index (χ1n) is 9.17. The lowest BCUT2D eigenvalue weighted by Gasteiger charge is -2.27. The summed E-state index contributed by atoms with van der Waals surface area (Å²) in [5.41, 5.74) is 4.18. The van der Waals surface area contributed by atoms with E-state index in [1.165, 1.54) is 55.5 Å². The van der Waals surface area contributed by atoms with Gasteiger partial charge in [-0.05, 0) is 96.0 Å². The van der Waals surface area contributed by atoms with Crippen LogP contribution >= 0.6 is 0 Å². The molecule has 0 aliphatic carbocycles. The summed E-state index contributed by atoms with van der Waals surface area (Å²) in [5, 5.41) is 0. The van der Waals surface area contributed by atoms with Gasteiger partial charge in [-0.15, -0.1) is 0 Å². The van der Waals surface area contributed by atoms with E-state index < -0.39 is 0 Å². The van der Waals surface area contributed by atoms with E-state index in [0.717, 1.165) is 31.9 Å². The summed E-state index contributed by atoms with van der Waals surface area (Å²) >= 11 is 0. The van der Waals surface area contributed by atoms with E-state index in [2.05, 4.69) is 49.9 Å². The SMILES string of the molecule is Cc1c(CN2CCCCC2)ccc(OCCCCN(C)C)c1C. The molecule has 0 unspecified atom stereocenters. The van der Waals surface area contributed by atoms with Crippen molar-refractivity contribution in [2.45, 2.75) is 52.5 Å². The predicted molar refractivity (Wildman–Crippen MR) is 98.3 cm³/mol. The summed E-state index contributed by atoms with van der Waals surface area (Å²) < 4.78 is 6.01. The molecule has 0 radical (unpaired) electrons. The molecule has 0 aromatic heterocycles. The molecule has 23 heavy (non-hydrogen) atoms. The fourth-order valence-electron chi connectivity index (χ4n) is 3.25. The van der Waals surface area contributed by atoms with Crippen molar-refractivity contribution >= 4 is 0 Å². The van der Waals surface area contributed by atoms with Crippen molar-refractivity contribution in [2.24, 2.45) is 0 Å². The van der Waals surface area contributed by atoms with Crippen LogP contribution in [-0.2, 0) is 6.54 Å². The lowest BCUT2D eigenvalue weighted by atomic mass is 10.0. The van der Waals surface area contributed by atoms with E-state index in [1.54, 1.807) is 0 Å². The summed E-state index contributed by atoms with van der Waals surface area (Å²) in [6, 6.07) is 4.44. The highest BCUT2D eigenvalue weighted by atomic mass is 16.5. The Bertz CT molecular complexity index is 479. The number of hydrogen-bond donors (Lipinski definition) is 0. The number of ether oxygens (including phenoxy) is 1. The number of hydrogen-bond acceptors (Lipinski definition) is 3. The van der Waals surface area contributed by atoms with Gasteiger partial charge in [0, 0.05) is 6.54 Å². The molecule has 1 heterocycles. The molecule has 1 fully saturated rings. The molecule has 0 amide bonds. The number of nitrogens with zero attached hydrogens (tertiary/aromatic N) is 2. The molecular weight excluding hydrogens is 284 g/mol. The van der Waals surface area contributed by atoms with Crippen LogP contribution in [0.1, 0.15) is 48.8 Å². The molecule has 1 aliphatic rings. The molecule has 0 bridgehead atoms. The molecule has 2 rings (SSSR count). The minimum Gasteiger partial charge on any atom is -0.493 e. The molecule has 130 valence electrons. The molecule has 0 atom stereocenters. The fraction of sp³-hybridized carbons (Fsp3) is 0.700. The van der Waals surface area contributed by atoms with Gasteiger partial charge in [0.25, 0.3) is 0 Å². The molecular formula is C20H34N2O. The lowest BCUT2D eigenvalue weighted by Crippen LogP contribution is -2.29. The highest BCUT2D eigenvalue weighted by molar-refractivity contribution is 5.43. The Morgan fingerprint density at radius 3 is 2.43 bits per heavy atom. The molecule has 0 saturated carbocycles. The molecule has 3 heteroatoms. The minimum absolute atomic E-state index is 0.819. The van der Waals surface area contributed by atoms with Gasteiger partial charge in [-0.25, -0.2) is 0 Å². The fourth-order valence-corrected chi connectivity index (χ4v) is 3.25. The van der Waals surface area contributed by atoms with Crippen LogP contribution in [0.4, 0.5) is 0 Å². The van der Waals surface area contributed by atoms with E-state index in [4.69, 9.17) is 4.74 Å². The number of unbranched alkanes of at least 4 members (excludes halogenated alkanes) is 1. The molecule has 1 aromatic carbocycles. The van der Waals surface area contributed by atoms with E-state index >= 15 is 0 Å². The molecule has 0 spiro atoms. The van der Waals surface area contributed by atoms with E-state index in [9.17, 15) is 0 Å². The third-order valence-corrected chi connectivity index (χ3v) is 4.95. The second-order valence-electron chi connectivity index (χ2n) is 7.17. The normalized spacial score (nSPS) is 16.0. The van der Waals surface area contributed by atoms with Gasteiger partial charge in [0.1, 0.15) is 5.75 Å². The van der Waals surface area contributed by atoms with E-state index in [-0.39, 0.29) is 0 Å². The predicted octanol–water partition coefficient (Wildman–Crippen LogP) is 4.01. The van der Waals surface area contributed by atoms with Crippen molar-refractivity contribution in [1.29, 1.82) is 0 Å². The van der Waals surface area contributed by atoms with Gasteiger partial charge >= 0.3 is 0 Å². The van der Waals surface area contributed by atoms with Crippen LogP contribution in [0.25, 0.3) is 0 Å². The monoisotopic (exact) mass is 318 g/mol. The Hall–Kier alpha value is -1.06. The summed E-state index contributed by atoms with van der Waals surface area (Å²) in [6.45, 7) is 9.99. The second kappa shape index (κ2) is 9.29. The standard InChI is InChI=1S/C20H34N2O/c1-17-18(2)20(23-15-9-8-12-21(3)4)11-10-19(17)16-22-13-6-5-7-14-22/h10-11H,5-9,12-16H2,1-4H3. The van der Waals surface area contributed by atoms with Crippen LogP contribution in [0.5, 0.6) is 5.75 Å². The average molecular weight is 319 g/mol. The second-order valence-corrected chi connectivity index (χ2v) is 7.17. The van der Waals surface area contributed by atoms with Crippen molar-refractivity contribution in [3.8, 4) is 5.75 Å². The lowest BCUT2D eigenvalue weighted by molar-refractivity contribution is 0.220. The zero-order valence-electron chi connectivity index (χ0n) is 15.5. The maximum atomic E-state index is 6.01. The minimum atomic E-state index is 0.819. The first kappa shape index (κ1) is 18.3. The smallest absolute Gasteiger partial charge is 0.122 e. The van der Waals surface area contributed by atoms with Crippen LogP contribution in [0, 0.1) is 13.8 Å². The summed E-state index contributed by atoms with van der Waals surface area (Å²) in [6.07, 6.45) is 6.41. The zero-order chi connectivity index (χ0) is 16.7. The molecule has 3 nitrogen and oxygen atoms in total. The molecule has 0 N–H and O–H groups in total. The van der Waals surface area contributed by atoms with Crippen molar-refractivity contribution in [1.82, 2.24) is 9.80 Å². The number of benzene rings is 1. The van der Waals surface area contributed by atoms with Crippen molar-refractivity contribution < 1.29 is 4.74 Å². The first-order valence-corrected chi connectivity index (χ1v) is 9.17. The number of piperidine rings is 1. The van der Waals surface area contributed by atoms with E-state index in [1.807, 2.05) is 0 Å². The van der Waals surface area contributed by atoms with Gasteiger partial charge in [-0.2, -0.15) is 0 Å². The first-order chi connectivity index (χ1) is 11.1. The zero-order valence-corrected chi connectivity index (χ0v) is 15.5. The van der Waals surface area contributed by atoms with E-state index in [0.29, 0.717) is 0 Å². The van der Waals surface area contributed by atoms with Crippen molar-refractivity contribution in [2.75, 3.05) is 40.3 Å². The molecule has 1 saturated heterocycles. The molecule has 1 aliphatic heterocycles. The van der Waals surface area contributed by atoms with Crippen LogP contribution in [-0.4, -0.2) is 50.1 Å². The van der Waals surface area contributed by atoms with Crippen LogP contribution in [0.2, 0.25) is 0 Å². The quantitative estimate of drug-likeness (QED) is 0.674. The third-order valence-electron chi connectivity index (χ3n) is 4.95. The summed E-state index contributed by atoms with van der Waals surface area (Å²) in [4.78, 5) is 4.82. The molecule has 1 aromatic rings. The summed E-state index contributed by atoms with van der Waals surface area (Å²) in [5.74, 6) is 1.06. The highest BCUT2D eigenvalue weighted by Gasteiger charge is 2.13. The number of rotatable bonds is 8. The maximum absolute atomic E-state index is 6.01. The van der Waals surface area contributed by atoms with Crippen molar-refractivity contribution in [3.05, 3.63) is 28.8 Å². The van der Waals surface area contributed by atoms with Gasteiger partial charge in [-0.3, -0.25) is 4.90 Å². The Morgan fingerprint density at radius 1 is 1.00 bits per heavy atom. The Labute approximate surface area is 142 Å². The highest BCUT2D eigenvalue weighted by Crippen LogP contribution is 2.26. The largest absolute Gasteiger partial charge is 0.493 e. The van der Waals surface area contributed by atoms with Gasteiger partial charge in [-0.1, -0.05) is 12.5 Å². The van der Waals surface area contributed by atoms with Gasteiger partial charge in [0.2, 0.25) is 0 Å². The third kappa shape index (κ3) is 5.82. The summed E-state index contributed by atoms with van der Waals surface area (Å²) in [7, 11) is 4.24. The van der Waals surface area contributed by atoms with Gasteiger partial charge < -0.3 is 9.64 Å². The Balaban J connectivity index is 1.86. The van der Waals surface area contributed by atoms with Crippen LogP contribution in [0.15, 0.2) is 12.1 Å². The topological polar surface area (TPSA) is 15.7 Å².